The summed E-state index contributed by atoms with van der Waals surface area (Å²) in [7, 11) is -2.87. The van der Waals surface area contributed by atoms with Crippen LogP contribution in [0, 0.1) is 6.57 Å². The Morgan fingerprint density at radius 3 is 1.80 bits per heavy atom. The van der Waals surface area contributed by atoms with Gasteiger partial charge in [-0.2, -0.15) is 0 Å². The van der Waals surface area contributed by atoms with Gasteiger partial charge in [-0.15, -0.1) is 0 Å². The van der Waals surface area contributed by atoms with Crippen molar-refractivity contribution in [3.63, 3.8) is 0 Å². The Balaban J connectivity index is 1.62. The highest BCUT2D eigenvalue weighted by Gasteiger charge is 2.43. The molecule has 3 heteroatoms. The maximum Gasteiger partial charge on any atom is 0.187 e. The van der Waals surface area contributed by atoms with Crippen LogP contribution in [-0.2, 0) is 0 Å². The van der Waals surface area contributed by atoms with Crippen molar-refractivity contribution in [1.29, 1.82) is 0 Å². The number of furan rings is 1. The molecule has 0 N–H and O–H groups in total. The molecule has 0 saturated heterocycles. The lowest BCUT2D eigenvalue weighted by atomic mass is 10.1. The Hall–Kier alpha value is -5.17. The van der Waals surface area contributed by atoms with Gasteiger partial charge in [0.2, 0.25) is 0 Å². The third-order valence-electron chi connectivity index (χ3n) is 7.83. The van der Waals surface area contributed by atoms with Gasteiger partial charge < -0.3 is 4.42 Å². The highest BCUT2D eigenvalue weighted by molar-refractivity contribution is 7.20. The summed E-state index contributed by atoms with van der Waals surface area (Å²) in [5, 5.41) is 7.35. The van der Waals surface area contributed by atoms with Crippen LogP contribution in [0.15, 0.2) is 156 Å². The lowest BCUT2D eigenvalue weighted by Gasteiger charge is -2.34. The van der Waals surface area contributed by atoms with Crippen LogP contribution >= 0.6 is 0 Å². The molecule has 0 aliphatic rings. The summed E-state index contributed by atoms with van der Waals surface area (Å²) in [4.78, 5) is 3.67. The molecule has 0 fully saturated rings. The summed E-state index contributed by atoms with van der Waals surface area (Å²) < 4.78 is 6.70. The first-order valence-corrected chi connectivity index (χ1v) is 15.4. The van der Waals surface area contributed by atoms with Gasteiger partial charge >= 0.3 is 0 Å². The predicted molar refractivity (Wildman–Crippen MR) is 169 cm³/mol. The maximum absolute atomic E-state index is 7.53. The number of hydrogen-bond donors (Lipinski definition) is 0. The molecule has 0 atom stereocenters. The van der Waals surface area contributed by atoms with Gasteiger partial charge in [-0.25, -0.2) is 4.85 Å². The van der Waals surface area contributed by atoms with E-state index in [1.54, 1.807) is 0 Å². The van der Waals surface area contributed by atoms with E-state index < -0.39 is 8.07 Å². The quantitative estimate of drug-likeness (QED) is 0.132. The topological polar surface area (TPSA) is 17.5 Å². The SMILES string of the molecule is [C-]#[N+]c1cccc(-c2cccc([Si](c3ccccc3)(c3ccccc3)c3cccc4c3oc3ccccc34)c2)c1. The van der Waals surface area contributed by atoms with Crippen molar-refractivity contribution >= 4 is 56.4 Å². The van der Waals surface area contributed by atoms with Crippen LogP contribution in [-0.4, -0.2) is 8.07 Å². The molecule has 7 aromatic rings. The van der Waals surface area contributed by atoms with Gasteiger partial charge in [0.15, 0.2) is 13.8 Å². The molecule has 40 heavy (non-hydrogen) atoms. The van der Waals surface area contributed by atoms with E-state index in [0.29, 0.717) is 5.69 Å². The van der Waals surface area contributed by atoms with Crippen LogP contribution in [0.25, 0.3) is 37.9 Å². The van der Waals surface area contributed by atoms with Crippen LogP contribution in [0.2, 0.25) is 0 Å². The van der Waals surface area contributed by atoms with E-state index in [0.717, 1.165) is 33.1 Å². The van der Waals surface area contributed by atoms with Crippen LogP contribution in [0.5, 0.6) is 0 Å². The fourth-order valence-electron chi connectivity index (χ4n) is 6.07. The van der Waals surface area contributed by atoms with Gasteiger partial charge in [0.25, 0.3) is 0 Å². The molecule has 0 radical (unpaired) electrons. The van der Waals surface area contributed by atoms with Crippen molar-refractivity contribution in [2.75, 3.05) is 0 Å². The third kappa shape index (κ3) is 3.78. The van der Waals surface area contributed by atoms with Gasteiger partial charge in [-0.05, 0) is 44.0 Å². The van der Waals surface area contributed by atoms with Crippen molar-refractivity contribution in [2.24, 2.45) is 0 Å². The molecule has 1 aromatic heterocycles. The molecule has 0 aliphatic carbocycles. The molecule has 0 spiro atoms. The fourth-order valence-corrected chi connectivity index (χ4v) is 11.0. The summed E-state index contributed by atoms with van der Waals surface area (Å²) in [5.74, 6) is 0. The smallest absolute Gasteiger partial charge is 0.187 e. The monoisotopic (exact) mass is 527 g/mol. The van der Waals surface area contributed by atoms with E-state index in [4.69, 9.17) is 11.0 Å². The number of benzene rings is 6. The number of fused-ring (bicyclic) bond motifs is 3. The lowest BCUT2D eigenvalue weighted by Crippen LogP contribution is -2.74. The normalized spacial score (nSPS) is 11.5. The zero-order chi connectivity index (χ0) is 26.9. The van der Waals surface area contributed by atoms with Crippen LogP contribution in [0.1, 0.15) is 0 Å². The van der Waals surface area contributed by atoms with E-state index in [1.807, 2.05) is 24.3 Å². The number of nitrogens with zero attached hydrogens (tertiary/aromatic N) is 1. The Morgan fingerprint density at radius 1 is 0.500 bits per heavy atom. The van der Waals surface area contributed by atoms with Crippen LogP contribution in [0.3, 0.4) is 0 Å². The summed E-state index contributed by atoms with van der Waals surface area (Å²) in [6.45, 7) is 7.53. The van der Waals surface area contributed by atoms with E-state index in [2.05, 4.69) is 132 Å². The van der Waals surface area contributed by atoms with Gasteiger partial charge in [-0.3, -0.25) is 0 Å². The molecule has 1 heterocycles. The summed E-state index contributed by atoms with van der Waals surface area (Å²) >= 11 is 0. The average molecular weight is 528 g/mol. The number of rotatable bonds is 5. The van der Waals surface area contributed by atoms with Crippen LogP contribution in [0.4, 0.5) is 5.69 Å². The molecule has 0 amide bonds. The Bertz CT molecular complexity index is 1980. The van der Waals surface area contributed by atoms with E-state index in [-0.39, 0.29) is 0 Å². The minimum Gasteiger partial charge on any atom is -0.456 e. The van der Waals surface area contributed by atoms with Gasteiger partial charge in [0.05, 0.1) is 6.57 Å². The maximum atomic E-state index is 7.53. The summed E-state index contributed by atoms with van der Waals surface area (Å²) in [6, 6.07) is 53.5. The first-order chi connectivity index (χ1) is 19.8. The van der Waals surface area contributed by atoms with E-state index in [9.17, 15) is 0 Å². The standard InChI is InChI=1S/C37H25NOSi/c1-38-29-15-10-13-27(25-29)28-14-11-20-32(26-28)40(30-16-4-2-5-17-30,31-18-6-3-7-19-31)36-24-12-22-34-33-21-8-9-23-35(33)39-37(34)36/h2-26H. The molecule has 0 saturated carbocycles. The fraction of sp³-hybridized carbons (Fsp3) is 0. The molecule has 7 rings (SSSR count). The van der Waals surface area contributed by atoms with Gasteiger partial charge in [0, 0.05) is 10.8 Å². The molecule has 6 aromatic carbocycles. The third-order valence-corrected chi connectivity index (χ3v) is 12.6. The minimum atomic E-state index is -2.87. The second-order valence-electron chi connectivity index (χ2n) is 10.0. The van der Waals surface area contributed by atoms with E-state index in [1.165, 1.54) is 20.7 Å². The van der Waals surface area contributed by atoms with Crippen molar-refractivity contribution in [3.05, 3.63) is 163 Å². The predicted octanol–water partition coefficient (Wildman–Crippen LogP) is 7.18. The Morgan fingerprint density at radius 2 is 1.07 bits per heavy atom. The molecular formula is C37H25NOSi. The average Bonchev–Trinajstić information content (AvgIpc) is 3.42. The van der Waals surface area contributed by atoms with Crippen molar-refractivity contribution < 1.29 is 4.42 Å². The van der Waals surface area contributed by atoms with Gasteiger partial charge in [-0.1, -0.05) is 140 Å². The van der Waals surface area contributed by atoms with Gasteiger partial charge in [0.1, 0.15) is 11.2 Å². The zero-order valence-corrected chi connectivity index (χ0v) is 22.8. The highest BCUT2D eigenvalue weighted by Crippen LogP contribution is 2.29. The molecule has 0 unspecified atom stereocenters. The second kappa shape index (κ2) is 9.85. The number of para-hydroxylation sites is 2. The van der Waals surface area contributed by atoms with Crippen molar-refractivity contribution in [1.82, 2.24) is 0 Å². The highest BCUT2D eigenvalue weighted by atomic mass is 28.3. The second-order valence-corrected chi connectivity index (χ2v) is 13.8. The molecule has 188 valence electrons. The molecular weight excluding hydrogens is 502 g/mol. The molecule has 0 bridgehead atoms. The lowest BCUT2D eigenvalue weighted by molar-refractivity contribution is 0.671. The number of hydrogen-bond acceptors (Lipinski definition) is 1. The first-order valence-electron chi connectivity index (χ1n) is 13.4. The minimum absolute atomic E-state index is 0.643. The van der Waals surface area contributed by atoms with Crippen LogP contribution < -0.4 is 20.7 Å². The first kappa shape index (κ1) is 23.9. The Labute approximate surface area is 234 Å². The molecule has 2 nitrogen and oxygen atoms in total. The summed E-state index contributed by atoms with van der Waals surface area (Å²) in [6.07, 6.45) is 0. The molecule has 0 aliphatic heterocycles. The van der Waals surface area contributed by atoms with Crippen molar-refractivity contribution in [2.45, 2.75) is 0 Å². The van der Waals surface area contributed by atoms with E-state index >= 15 is 0 Å². The van der Waals surface area contributed by atoms with Crippen molar-refractivity contribution in [3.8, 4) is 11.1 Å². The largest absolute Gasteiger partial charge is 0.456 e. The zero-order valence-electron chi connectivity index (χ0n) is 21.8. The summed E-state index contributed by atoms with van der Waals surface area (Å²) in [5.41, 5.74) is 4.64. The Kier molecular flexibility index (Phi) is 5.89.